The highest BCUT2D eigenvalue weighted by atomic mass is 35.5. The molecule has 0 unspecified atom stereocenters. The van der Waals surface area contributed by atoms with Gasteiger partial charge in [0.1, 0.15) is 5.75 Å². The number of hydrogen-bond donors (Lipinski definition) is 0. The van der Waals surface area contributed by atoms with E-state index in [9.17, 15) is 4.79 Å². The fourth-order valence-corrected chi connectivity index (χ4v) is 3.65. The molecule has 0 atom stereocenters. The van der Waals surface area contributed by atoms with Gasteiger partial charge in [-0.3, -0.25) is 9.69 Å². The quantitative estimate of drug-likeness (QED) is 0.591. The van der Waals surface area contributed by atoms with Crippen LogP contribution >= 0.6 is 11.6 Å². The minimum atomic E-state index is 0.223. The van der Waals surface area contributed by atoms with Crippen molar-refractivity contribution in [1.29, 1.82) is 0 Å². The summed E-state index contributed by atoms with van der Waals surface area (Å²) in [6, 6.07) is 15.9. The van der Waals surface area contributed by atoms with Gasteiger partial charge in [-0.15, -0.1) is 0 Å². The largest absolute Gasteiger partial charge is 0.493 e. The second kappa shape index (κ2) is 11.0. The average Bonchev–Trinajstić information content (AvgIpc) is 2.73. The Bertz CT molecular complexity index is 815. The van der Waals surface area contributed by atoms with E-state index in [4.69, 9.17) is 16.3 Å². The molecule has 0 radical (unpaired) electrons. The predicted octanol–water partition coefficient (Wildman–Crippen LogP) is 4.67. The van der Waals surface area contributed by atoms with E-state index in [0.29, 0.717) is 18.1 Å². The van der Waals surface area contributed by atoms with Crippen molar-refractivity contribution in [1.82, 2.24) is 9.80 Å². The van der Waals surface area contributed by atoms with E-state index < -0.39 is 0 Å². The lowest BCUT2D eigenvalue weighted by Gasteiger charge is -2.34. The lowest BCUT2D eigenvalue weighted by molar-refractivity contribution is -0.133. The van der Waals surface area contributed by atoms with Crippen molar-refractivity contribution in [3.63, 3.8) is 0 Å². The number of benzene rings is 2. The van der Waals surface area contributed by atoms with Crippen molar-refractivity contribution in [2.75, 3.05) is 39.3 Å². The molecule has 1 heterocycles. The SMILES string of the molecule is Cc1cc(Cl)ccc1OCCCC(=O)N1CCN(C/C=C/c2ccccc2)CC1. The number of amides is 1. The Hall–Kier alpha value is -2.30. The molecule has 1 fully saturated rings. The van der Waals surface area contributed by atoms with Gasteiger partial charge in [0, 0.05) is 44.2 Å². The molecule has 154 valence electrons. The second-order valence-corrected chi connectivity index (χ2v) is 7.79. The molecule has 1 saturated heterocycles. The van der Waals surface area contributed by atoms with Gasteiger partial charge in [-0.2, -0.15) is 0 Å². The maximum absolute atomic E-state index is 12.4. The molecule has 29 heavy (non-hydrogen) atoms. The number of carbonyl (C=O) groups is 1. The Labute approximate surface area is 178 Å². The van der Waals surface area contributed by atoms with Gasteiger partial charge in [0.2, 0.25) is 5.91 Å². The van der Waals surface area contributed by atoms with E-state index >= 15 is 0 Å². The van der Waals surface area contributed by atoms with Gasteiger partial charge in [-0.1, -0.05) is 54.1 Å². The summed E-state index contributed by atoms with van der Waals surface area (Å²) in [6.07, 6.45) is 5.60. The number of carbonyl (C=O) groups excluding carboxylic acids is 1. The molecule has 4 nitrogen and oxygen atoms in total. The first-order chi connectivity index (χ1) is 14.1. The van der Waals surface area contributed by atoms with Crippen molar-refractivity contribution >= 4 is 23.6 Å². The lowest BCUT2D eigenvalue weighted by atomic mass is 10.2. The number of ether oxygens (including phenoxy) is 1. The standard InChI is InChI=1S/C24H29ClN2O2/c1-20-19-22(25)11-12-23(20)29-18-6-10-24(28)27-16-14-26(15-17-27)13-5-9-21-7-3-2-4-8-21/h2-5,7-9,11-12,19H,6,10,13-18H2,1H3/b9-5+. The van der Waals surface area contributed by atoms with Crippen LogP contribution in [-0.4, -0.2) is 55.0 Å². The first kappa shape index (κ1) is 21.4. The first-order valence-electron chi connectivity index (χ1n) is 10.2. The van der Waals surface area contributed by atoms with E-state index in [2.05, 4.69) is 29.2 Å². The third-order valence-corrected chi connectivity index (χ3v) is 5.36. The van der Waals surface area contributed by atoms with Crippen molar-refractivity contribution < 1.29 is 9.53 Å². The van der Waals surface area contributed by atoms with E-state index in [0.717, 1.165) is 50.5 Å². The number of hydrogen-bond acceptors (Lipinski definition) is 3. The molecule has 3 rings (SSSR count). The summed E-state index contributed by atoms with van der Waals surface area (Å²) in [5.41, 5.74) is 2.23. The maximum Gasteiger partial charge on any atom is 0.222 e. The van der Waals surface area contributed by atoms with Crippen LogP contribution in [0.25, 0.3) is 6.08 Å². The number of piperazine rings is 1. The summed E-state index contributed by atoms with van der Waals surface area (Å²) >= 11 is 5.96. The molecule has 5 heteroatoms. The van der Waals surface area contributed by atoms with E-state index in [-0.39, 0.29) is 5.91 Å². The summed E-state index contributed by atoms with van der Waals surface area (Å²) < 4.78 is 5.78. The van der Waals surface area contributed by atoms with Gasteiger partial charge < -0.3 is 9.64 Å². The van der Waals surface area contributed by atoms with Gasteiger partial charge in [0.15, 0.2) is 0 Å². The molecule has 0 saturated carbocycles. The van der Waals surface area contributed by atoms with Gasteiger partial charge in [0.05, 0.1) is 6.61 Å². The van der Waals surface area contributed by atoms with Crippen LogP contribution in [0, 0.1) is 6.92 Å². The van der Waals surface area contributed by atoms with Crippen molar-refractivity contribution in [2.24, 2.45) is 0 Å². The first-order valence-corrected chi connectivity index (χ1v) is 10.6. The van der Waals surface area contributed by atoms with Gasteiger partial charge in [-0.25, -0.2) is 0 Å². The zero-order valence-corrected chi connectivity index (χ0v) is 17.8. The van der Waals surface area contributed by atoms with E-state index in [1.165, 1.54) is 5.56 Å². The molecule has 1 aliphatic heterocycles. The summed E-state index contributed by atoms with van der Waals surface area (Å²) in [5, 5.41) is 0.708. The van der Waals surface area contributed by atoms with Crippen molar-refractivity contribution in [2.45, 2.75) is 19.8 Å². The Kier molecular flexibility index (Phi) is 8.14. The normalized spacial score (nSPS) is 15.0. The Morgan fingerprint density at radius 2 is 1.86 bits per heavy atom. The highest BCUT2D eigenvalue weighted by Crippen LogP contribution is 2.22. The maximum atomic E-state index is 12.4. The molecular formula is C24H29ClN2O2. The summed E-state index contributed by atoms with van der Waals surface area (Å²) in [4.78, 5) is 16.8. The smallest absolute Gasteiger partial charge is 0.222 e. The fourth-order valence-electron chi connectivity index (χ4n) is 3.42. The summed E-state index contributed by atoms with van der Waals surface area (Å²) in [6.45, 7) is 6.88. The number of rotatable bonds is 8. The van der Waals surface area contributed by atoms with Crippen molar-refractivity contribution in [3.05, 3.63) is 70.8 Å². The molecule has 0 aromatic heterocycles. The van der Waals surface area contributed by atoms with Crippen LogP contribution in [0.4, 0.5) is 0 Å². The molecular weight excluding hydrogens is 384 g/mol. The topological polar surface area (TPSA) is 32.8 Å². The molecule has 1 amide bonds. The van der Waals surface area contributed by atoms with Gasteiger partial charge >= 0.3 is 0 Å². The number of nitrogens with zero attached hydrogens (tertiary/aromatic N) is 2. The predicted molar refractivity (Wildman–Crippen MR) is 119 cm³/mol. The zero-order chi connectivity index (χ0) is 20.5. The summed E-state index contributed by atoms with van der Waals surface area (Å²) in [7, 11) is 0. The highest BCUT2D eigenvalue weighted by Gasteiger charge is 2.19. The van der Waals surface area contributed by atoms with Crippen LogP contribution in [0.3, 0.4) is 0 Å². The zero-order valence-electron chi connectivity index (χ0n) is 17.0. The average molecular weight is 413 g/mol. The minimum Gasteiger partial charge on any atom is -0.493 e. The minimum absolute atomic E-state index is 0.223. The second-order valence-electron chi connectivity index (χ2n) is 7.36. The lowest BCUT2D eigenvalue weighted by Crippen LogP contribution is -2.48. The van der Waals surface area contributed by atoms with Crippen LogP contribution in [0.5, 0.6) is 5.75 Å². The molecule has 0 spiro atoms. The molecule has 0 N–H and O–H groups in total. The summed E-state index contributed by atoms with van der Waals surface area (Å²) in [5.74, 6) is 1.06. The molecule has 0 aliphatic carbocycles. The highest BCUT2D eigenvalue weighted by molar-refractivity contribution is 6.30. The molecule has 0 bridgehead atoms. The van der Waals surface area contributed by atoms with Gasteiger partial charge in [-0.05, 0) is 42.7 Å². The Morgan fingerprint density at radius 1 is 1.10 bits per heavy atom. The van der Waals surface area contributed by atoms with Crippen molar-refractivity contribution in [3.8, 4) is 5.75 Å². The molecule has 2 aromatic rings. The van der Waals surface area contributed by atoms with E-state index in [1.54, 1.807) is 0 Å². The van der Waals surface area contributed by atoms with E-state index in [1.807, 2.05) is 48.2 Å². The fraction of sp³-hybridized carbons (Fsp3) is 0.375. The Balaban J connectivity index is 1.32. The van der Waals surface area contributed by atoms with Crippen LogP contribution < -0.4 is 4.74 Å². The van der Waals surface area contributed by atoms with Crippen LogP contribution in [0.2, 0.25) is 5.02 Å². The third kappa shape index (κ3) is 6.91. The Morgan fingerprint density at radius 3 is 2.59 bits per heavy atom. The van der Waals surface area contributed by atoms with Crippen LogP contribution in [-0.2, 0) is 4.79 Å². The number of halogens is 1. The monoisotopic (exact) mass is 412 g/mol. The van der Waals surface area contributed by atoms with Gasteiger partial charge in [0.25, 0.3) is 0 Å². The van der Waals surface area contributed by atoms with Crippen LogP contribution in [0.15, 0.2) is 54.6 Å². The molecule has 2 aromatic carbocycles. The van der Waals surface area contributed by atoms with Crippen LogP contribution in [0.1, 0.15) is 24.0 Å². The third-order valence-electron chi connectivity index (χ3n) is 5.13. The molecule has 1 aliphatic rings. The number of aryl methyl sites for hydroxylation is 1.